The van der Waals surface area contributed by atoms with Gasteiger partial charge in [-0.1, -0.05) is 12.8 Å². The Labute approximate surface area is 141 Å². The van der Waals surface area contributed by atoms with E-state index in [1.165, 1.54) is 0 Å². The SMILES string of the molecule is COP(=O)(O)OC[C@H]1OCC[C@@H]1OP(=O)([O-])OCCCCCCN. The van der Waals surface area contributed by atoms with Gasteiger partial charge >= 0.3 is 7.82 Å². The molecule has 0 aromatic rings. The monoisotopic (exact) mass is 390 g/mol. The topological polar surface area (TPSA) is 150 Å². The predicted molar refractivity (Wildman–Crippen MR) is 83.1 cm³/mol. The van der Waals surface area contributed by atoms with E-state index in [1.54, 1.807) is 0 Å². The van der Waals surface area contributed by atoms with Crippen molar-refractivity contribution in [1.29, 1.82) is 0 Å². The van der Waals surface area contributed by atoms with Gasteiger partial charge in [-0.2, -0.15) is 0 Å². The van der Waals surface area contributed by atoms with Crippen LogP contribution in [0.2, 0.25) is 0 Å². The minimum atomic E-state index is -4.48. The number of phosphoric ester groups is 2. The van der Waals surface area contributed by atoms with Crippen LogP contribution in [0.1, 0.15) is 32.1 Å². The molecule has 1 aliphatic heterocycles. The van der Waals surface area contributed by atoms with Crippen molar-refractivity contribution in [1.82, 2.24) is 0 Å². The summed E-state index contributed by atoms with van der Waals surface area (Å²) < 4.78 is 47.1. The fraction of sp³-hybridized carbons (Fsp3) is 1.00. The lowest BCUT2D eigenvalue weighted by molar-refractivity contribution is -0.231. The highest BCUT2D eigenvalue weighted by molar-refractivity contribution is 7.47. The van der Waals surface area contributed by atoms with Gasteiger partial charge in [0.2, 0.25) is 0 Å². The van der Waals surface area contributed by atoms with E-state index in [2.05, 4.69) is 9.05 Å². The van der Waals surface area contributed by atoms with Crippen molar-refractivity contribution in [3.8, 4) is 0 Å². The number of hydrogen-bond donors (Lipinski definition) is 2. The summed E-state index contributed by atoms with van der Waals surface area (Å²) in [5.74, 6) is 0. The van der Waals surface area contributed by atoms with Crippen molar-refractivity contribution >= 4 is 15.6 Å². The highest BCUT2D eigenvalue weighted by Gasteiger charge is 2.34. The van der Waals surface area contributed by atoms with Gasteiger partial charge in [-0.25, -0.2) is 4.57 Å². The molecule has 0 aromatic heterocycles. The zero-order valence-electron chi connectivity index (χ0n) is 13.7. The van der Waals surface area contributed by atoms with Gasteiger partial charge in [0.1, 0.15) is 6.10 Å². The Morgan fingerprint density at radius 3 is 2.62 bits per heavy atom. The van der Waals surface area contributed by atoms with Crippen molar-refractivity contribution in [2.75, 3.05) is 33.5 Å². The molecule has 0 aromatic carbocycles. The third kappa shape index (κ3) is 9.01. The number of rotatable bonds is 13. The molecule has 24 heavy (non-hydrogen) atoms. The van der Waals surface area contributed by atoms with Gasteiger partial charge in [-0.3, -0.25) is 13.6 Å². The fourth-order valence-electron chi connectivity index (χ4n) is 2.10. The molecule has 0 saturated carbocycles. The molecule has 1 saturated heterocycles. The summed E-state index contributed by atoms with van der Waals surface area (Å²) in [5, 5.41) is 0. The molecule has 0 spiro atoms. The highest BCUT2D eigenvalue weighted by atomic mass is 31.2. The third-order valence-corrected chi connectivity index (χ3v) is 5.36. The molecule has 10 nitrogen and oxygen atoms in total. The second kappa shape index (κ2) is 11.0. The van der Waals surface area contributed by atoms with Crippen LogP contribution >= 0.6 is 15.6 Å². The van der Waals surface area contributed by atoms with Crippen LogP contribution in [0.4, 0.5) is 0 Å². The second-order valence-corrected chi connectivity index (χ2v) is 8.20. The van der Waals surface area contributed by atoms with Crippen LogP contribution in [0.25, 0.3) is 0 Å². The molecule has 2 unspecified atom stereocenters. The summed E-state index contributed by atoms with van der Waals surface area (Å²) in [5.41, 5.74) is 5.37. The van der Waals surface area contributed by atoms with Crippen LogP contribution in [0.3, 0.4) is 0 Å². The molecule has 1 fully saturated rings. The van der Waals surface area contributed by atoms with E-state index < -0.39 is 27.9 Å². The first-order chi connectivity index (χ1) is 11.3. The average Bonchev–Trinajstić information content (AvgIpc) is 2.95. The Bertz CT molecular complexity index is 450. The molecule has 1 rings (SSSR count). The summed E-state index contributed by atoms with van der Waals surface area (Å²) in [6.07, 6.45) is 1.90. The van der Waals surface area contributed by atoms with E-state index in [0.717, 1.165) is 26.4 Å². The van der Waals surface area contributed by atoms with Gasteiger partial charge in [0.25, 0.3) is 7.82 Å². The highest BCUT2D eigenvalue weighted by Crippen LogP contribution is 2.45. The van der Waals surface area contributed by atoms with Gasteiger partial charge in [-0.15, -0.1) is 0 Å². The van der Waals surface area contributed by atoms with E-state index in [0.29, 0.717) is 19.4 Å². The molecular weight excluding hydrogens is 364 g/mol. The first kappa shape index (κ1) is 22.2. The summed E-state index contributed by atoms with van der Waals surface area (Å²) in [7, 11) is -7.61. The summed E-state index contributed by atoms with van der Waals surface area (Å²) in [6.45, 7) is 0.570. The van der Waals surface area contributed by atoms with Crippen LogP contribution in [-0.2, 0) is 32.0 Å². The summed E-state index contributed by atoms with van der Waals surface area (Å²) in [6, 6.07) is 0. The molecule has 144 valence electrons. The van der Waals surface area contributed by atoms with Crippen molar-refractivity contribution in [3.05, 3.63) is 0 Å². The van der Waals surface area contributed by atoms with Crippen LogP contribution in [-0.4, -0.2) is 50.6 Å². The Morgan fingerprint density at radius 1 is 1.25 bits per heavy atom. The number of unbranched alkanes of at least 4 members (excludes halogenated alkanes) is 3. The number of phosphoric acid groups is 2. The van der Waals surface area contributed by atoms with Gasteiger partial charge in [0, 0.05) is 20.1 Å². The molecule has 0 amide bonds. The summed E-state index contributed by atoms with van der Waals surface area (Å²) in [4.78, 5) is 21.0. The largest absolute Gasteiger partial charge is 0.756 e. The number of ether oxygens (including phenoxy) is 1. The van der Waals surface area contributed by atoms with E-state index in [-0.39, 0.29) is 19.8 Å². The van der Waals surface area contributed by atoms with Crippen molar-refractivity contribution in [2.45, 2.75) is 44.3 Å². The normalized spacial score (nSPS) is 26.2. The van der Waals surface area contributed by atoms with Crippen molar-refractivity contribution in [3.63, 3.8) is 0 Å². The quantitative estimate of drug-likeness (QED) is 0.343. The molecule has 1 heterocycles. The number of nitrogens with two attached hydrogens (primary N) is 1. The van der Waals surface area contributed by atoms with Crippen LogP contribution in [0, 0.1) is 0 Å². The average molecular weight is 390 g/mol. The molecule has 1 aliphatic rings. The van der Waals surface area contributed by atoms with Gasteiger partial charge in [0.05, 0.1) is 19.3 Å². The lowest BCUT2D eigenvalue weighted by Crippen LogP contribution is -2.30. The first-order valence-corrected chi connectivity index (χ1v) is 10.7. The van der Waals surface area contributed by atoms with E-state index in [1.807, 2.05) is 0 Å². The lowest BCUT2D eigenvalue weighted by atomic mass is 10.2. The fourth-order valence-corrected chi connectivity index (χ4v) is 3.52. The minimum absolute atomic E-state index is 0.0373. The molecular formula is C12H26NO9P2-. The maximum atomic E-state index is 11.8. The summed E-state index contributed by atoms with van der Waals surface area (Å²) >= 11 is 0. The first-order valence-electron chi connectivity index (χ1n) is 7.78. The lowest BCUT2D eigenvalue weighted by Gasteiger charge is -2.28. The van der Waals surface area contributed by atoms with E-state index in [4.69, 9.17) is 19.5 Å². The van der Waals surface area contributed by atoms with Crippen LogP contribution in [0.15, 0.2) is 0 Å². The molecule has 0 radical (unpaired) electrons. The van der Waals surface area contributed by atoms with Gasteiger partial charge < -0.3 is 29.3 Å². The molecule has 4 atom stereocenters. The van der Waals surface area contributed by atoms with Crippen LogP contribution < -0.4 is 10.6 Å². The standard InChI is InChI=1S/C12H27NO9P2/c1-18-23(14,15)21-10-12-11(6-9-19-12)22-24(16,17)20-8-5-3-2-4-7-13/h11-12H,2-10,13H2,1H3,(H,14,15)(H,16,17)/p-1/t11-,12+/m0/s1. The van der Waals surface area contributed by atoms with Crippen molar-refractivity contribution < 1.29 is 41.7 Å². The Kier molecular flexibility index (Phi) is 10.1. The van der Waals surface area contributed by atoms with Crippen LogP contribution in [0.5, 0.6) is 0 Å². The Hall–Kier alpha value is 0.140. The predicted octanol–water partition coefficient (Wildman–Crippen LogP) is 0.928. The van der Waals surface area contributed by atoms with E-state index >= 15 is 0 Å². The molecule has 0 aliphatic carbocycles. The zero-order chi connectivity index (χ0) is 18.1. The molecule has 3 N–H and O–H groups in total. The number of hydrogen-bond acceptors (Lipinski definition) is 9. The van der Waals surface area contributed by atoms with Gasteiger partial charge in [0.15, 0.2) is 0 Å². The maximum Gasteiger partial charge on any atom is 0.472 e. The second-order valence-electron chi connectivity index (χ2n) is 5.27. The molecule has 0 bridgehead atoms. The smallest absolute Gasteiger partial charge is 0.472 e. The minimum Gasteiger partial charge on any atom is -0.756 e. The van der Waals surface area contributed by atoms with Gasteiger partial charge in [-0.05, 0) is 19.4 Å². The Balaban J connectivity index is 2.33. The third-order valence-electron chi connectivity index (χ3n) is 3.39. The zero-order valence-corrected chi connectivity index (χ0v) is 15.5. The maximum absolute atomic E-state index is 11.8. The Morgan fingerprint density at radius 2 is 1.96 bits per heavy atom. The van der Waals surface area contributed by atoms with E-state index in [9.17, 15) is 18.9 Å². The molecule has 12 heteroatoms. The van der Waals surface area contributed by atoms with Crippen molar-refractivity contribution in [2.24, 2.45) is 5.73 Å².